The first-order valence-electron chi connectivity index (χ1n) is 8.62. The van der Waals surface area contributed by atoms with Gasteiger partial charge in [-0.15, -0.1) is 34.8 Å². The molecule has 0 amide bonds. The van der Waals surface area contributed by atoms with Crippen LogP contribution in [0, 0.1) is 0 Å². The Kier molecular flexibility index (Phi) is 11.8. The van der Waals surface area contributed by atoms with Gasteiger partial charge in [-0.25, -0.2) is 0 Å². The summed E-state index contributed by atoms with van der Waals surface area (Å²) in [5.41, 5.74) is 0. The van der Waals surface area contributed by atoms with E-state index in [1.54, 1.807) is 0 Å². The first kappa shape index (κ1) is 27.5. The van der Waals surface area contributed by atoms with Crippen LogP contribution in [0.4, 0.5) is 0 Å². The Labute approximate surface area is 181 Å². The van der Waals surface area contributed by atoms with Crippen molar-refractivity contribution < 1.29 is 55.1 Å². The zero-order valence-corrected chi connectivity index (χ0v) is 17.4. The Morgan fingerprint density at radius 2 is 1.52 bits per heavy atom. The maximum Gasteiger partial charge on any atom is 0.214 e. The Bertz CT molecular complexity index is 473. The molecule has 8 N–H and O–H groups in total. The van der Waals surface area contributed by atoms with Gasteiger partial charge in [0.15, 0.2) is 6.29 Å². The SMILES string of the molecule is OCC(O)CO.OC[C@H]1O[C@H](O[C@]2(CCl)O[C@H](CCl)[C@@H](O)[C@@H]2O)[C@H](O)[C@@H](O)[C@H]1Cl. The molecule has 9 atom stereocenters. The van der Waals surface area contributed by atoms with E-state index in [2.05, 4.69) is 0 Å². The van der Waals surface area contributed by atoms with Gasteiger partial charge in [-0.2, -0.15) is 0 Å². The highest BCUT2D eigenvalue weighted by Crippen LogP contribution is 2.37. The van der Waals surface area contributed by atoms with Crippen LogP contribution in [0.3, 0.4) is 0 Å². The molecule has 2 rings (SSSR count). The molecule has 0 spiro atoms. The Morgan fingerprint density at radius 1 is 0.931 bits per heavy atom. The Morgan fingerprint density at radius 3 is 1.90 bits per heavy atom. The molecule has 0 saturated carbocycles. The summed E-state index contributed by atoms with van der Waals surface area (Å²) in [5.74, 6) is -2.43. The molecule has 14 heteroatoms. The van der Waals surface area contributed by atoms with Gasteiger partial charge in [0, 0.05) is 0 Å². The van der Waals surface area contributed by atoms with Crippen LogP contribution in [-0.2, 0) is 14.2 Å². The largest absolute Gasteiger partial charge is 0.394 e. The molecule has 2 aliphatic heterocycles. The number of aliphatic hydroxyl groups is 8. The number of hydrogen-bond donors (Lipinski definition) is 8. The average molecular weight is 490 g/mol. The normalized spacial score (nSPS) is 42.6. The van der Waals surface area contributed by atoms with E-state index in [1.165, 1.54) is 0 Å². The van der Waals surface area contributed by atoms with Crippen LogP contribution in [0.1, 0.15) is 0 Å². The molecule has 2 fully saturated rings. The number of halogens is 3. The van der Waals surface area contributed by atoms with E-state index in [0.29, 0.717) is 0 Å². The molecule has 0 aromatic carbocycles. The minimum Gasteiger partial charge on any atom is -0.394 e. The molecule has 0 aliphatic carbocycles. The van der Waals surface area contributed by atoms with Crippen LogP contribution in [0.15, 0.2) is 0 Å². The summed E-state index contributed by atoms with van der Waals surface area (Å²) in [4.78, 5) is 0. The van der Waals surface area contributed by atoms with Gasteiger partial charge in [-0.1, -0.05) is 0 Å². The van der Waals surface area contributed by atoms with Crippen molar-refractivity contribution in [3.63, 3.8) is 0 Å². The third-order valence-corrected chi connectivity index (χ3v) is 5.60. The second-order valence-electron chi connectivity index (χ2n) is 6.48. The predicted molar refractivity (Wildman–Crippen MR) is 99.7 cm³/mol. The Hall–Kier alpha value is 0.430. The van der Waals surface area contributed by atoms with E-state index in [-0.39, 0.29) is 19.1 Å². The molecule has 2 heterocycles. The molecule has 0 bridgehead atoms. The minimum atomic E-state index is -1.90. The van der Waals surface area contributed by atoms with E-state index in [1.807, 2.05) is 0 Å². The van der Waals surface area contributed by atoms with Gasteiger partial charge >= 0.3 is 0 Å². The molecule has 2 saturated heterocycles. The highest BCUT2D eigenvalue weighted by Gasteiger charge is 2.58. The summed E-state index contributed by atoms with van der Waals surface area (Å²) in [6.07, 6.45) is -10.3. The second-order valence-corrected chi connectivity index (χ2v) is 7.56. The summed E-state index contributed by atoms with van der Waals surface area (Å²) in [6.45, 7) is -1.25. The minimum absolute atomic E-state index is 0.125. The van der Waals surface area contributed by atoms with E-state index >= 15 is 0 Å². The third-order valence-electron chi connectivity index (χ3n) is 4.38. The fourth-order valence-electron chi connectivity index (χ4n) is 2.61. The van der Waals surface area contributed by atoms with E-state index in [4.69, 9.17) is 64.3 Å². The summed E-state index contributed by atoms with van der Waals surface area (Å²) < 4.78 is 16.1. The molecule has 29 heavy (non-hydrogen) atoms. The lowest BCUT2D eigenvalue weighted by atomic mass is 10.0. The smallest absolute Gasteiger partial charge is 0.214 e. The van der Waals surface area contributed by atoms with Gasteiger partial charge in [0.2, 0.25) is 5.79 Å². The van der Waals surface area contributed by atoms with Crippen molar-refractivity contribution in [2.75, 3.05) is 31.6 Å². The topological polar surface area (TPSA) is 190 Å². The van der Waals surface area contributed by atoms with Crippen molar-refractivity contribution in [3.8, 4) is 0 Å². The monoisotopic (exact) mass is 488 g/mol. The fourth-order valence-corrected chi connectivity index (χ4v) is 3.43. The number of hydrogen-bond acceptors (Lipinski definition) is 11. The Balaban J connectivity index is 0.000000612. The highest BCUT2D eigenvalue weighted by molar-refractivity contribution is 6.21. The first-order chi connectivity index (χ1) is 13.6. The highest BCUT2D eigenvalue weighted by atomic mass is 35.5. The molecule has 174 valence electrons. The zero-order valence-electron chi connectivity index (χ0n) is 15.2. The van der Waals surface area contributed by atoms with Crippen LogP contribution in [0.25, 0.3) is 0 Å². The van der Waals surface area contributed by atoms with Crippen molar-refractivity contribution >= 4 is 34.8 Å². The van der Waals surface area contributed by atoms with Crippen LogP contribution in [0.2, 0.25) is 0 Å². The lowest BCUT2D eigenvalue weighted by molar-refractivity contribution is -0.357. The van der Waals surface area contributed by atoms with Gasteiger partial charge in [0.05, 0.1) is 37.0 Å². The van der Waals surface area contributed by atoms with Crippen molar-refractivity contribution in [2.45, 2.75) is 60.2 Å². The molecule has 0 radical (unpaired) electrons. The van der Waals surface area contributed by atoms with Gasteiger partial charge in [0.25, 0.3) is 0 Å². The summed E-state index contributed by atoms with van der Waals surface area (Å²) >= 11 is 17.3. The first-order valence-corrected chi connectivity index (χ1v) is 10.1. The molecule has 0 aromatic rings. The molecular formula is C15H27Cl3O11. The van der Waals surface area contributed by atoms with E-state index in [9.17, 15) is 25.5 Å². The van der Waals surface area contributed by atoms with Crippen LogP contribution in [0.5, 0.6) is 0 Å². The lowest BCUT2D eigenvalue weighted by Gasteiger charge is -2.43. The van der Waals surface area contributed by atoms with Crippen LogP contribution >= 0.6 is 34.8 Å². The van der Waals surface area contributed by atoms with E-state index < -0.39 is 72.7 Å². The van der Waals surface area contributed by atoms with Crippen molar-refractivity contribution in [1.82, 2.24) is 0 Å². The van der Waals surface area contributed by atoms with E-state index in [0.717, 1.165) is 0 Å². The molecule has 2 aliphatic rings. The summed E-state index contributed by atoms with van der Waals surface area (Å²) in [6, 6.07) is 0. The molecule has 11 nitrogen and oxygen atoms in total. The summed E-state index contributed by atoms with van der Waals surface area (Å²) in [5, 5.41) is 72.2. The summed E-state index contributed by atoms with van der Waals surface area (Å²) in [7, 11) is 0. The molecule has 0 aromatic heterocycles. The quantitative estimate of drug-likeness (QED) is 0.167. The fraction of sp³-hybridized carbons (Fsp3) is 1.00. The van der Waals surface area contributed by atoms with Gasteiger partial charge in [0.1, 0.15) is 42.7 Å². The van der Waals surface area contributed by atoms with Gasteiger partial charge < -0.3 is 55.1 Å². The predicted octanol–water partition coefficient (Wildman–Crippen LogP) is -3.32. The van der Waals surface area contributed by atoms with Crippen molar-refractivity contribution in [1.29, 1.82) is 0 Å². The van der Waals surface area contributed by atoms with Crippen molar-refractivity contribution in [2.24, 2.45) is 0 Å². The maximum atomic E-state index is 10.1. The number of alkyl halides is 3. The second kappa shape index (κ2) is 12.5. The number of ether oxygens (including phenoxy) is 3. The standard InChI is InChI=1S/C12H19Cl3O8.C3H8O3/c13-1-4-7(17)10(20)12(3-14,22-4)23-11-9(19)8(18)6(15)5(2-16)21-11;4-1-3(6)2-5/h4-11,16-20H,1-3H2;3-6H,1-2H2/t4-,5-,6+,7-,8+,9-,10+,11-,12+;/m1./s1. The number of rotatable bonds is 7. The maximum absolute atomic E-state index is 10.1. The van der Waals surface area contributed by atoms with Crippen molar-refractivity contribution in [3.05, 3.63) is 0 Å². The molecule has 0 unspecified atom stereocenters. The zero-order chi connectivity index (χ0) is 22.4. The van der Waals surface area contributed by atoms with Gasteiger partial charge in [-0.05, 0) is 0 Å². The van der Waals surface area contributed by atoms with Crippen LogP contribution in [-0.4, -0.2) is 133 Å². The number of aliphatic hydroxyl groups excluding tert-OH is 8. The van der Waals surface area contributed by atoms with Crippen LogP contribution < -0.4 is 0 Å². The third kappa shape index (κ3) is 6.46. The average Bonchev–Trinajstić information content (AvgIpc) is 2.98. The lowest BCUT2D eigenvalue weighted by Crippen LogP contribution is -2.61. The molecular weight excluding hydrogens is 463 g/mol. The van der Waals surface area contributed by atoms with Gasteiger partial charge in [-0.3, -0.25) is 0 Å².